The number of carbonyl (C=O) groups excluding carboxylic acids is 1. The Hall–Kier alpha value is -2.24. The van der Waals surface area contributed by atoms with Crippen molar-refractivity contribution < 1.29 is 9.18 Å². The Kier molecular flexibility index (Phi) is 5.63. The highest BCUT2D eigenvalue weighted by Crippen LogP contribution is 2.21. The third-order valence-corrected chi connectivity index (χ3v) is 3.73. The summed E-state index contributed by atoms with van der Waals surface area (Å²) in [5.74, 6) is -0.169. The number of aryl methyl sites for hydroxylation is 1. The van der Waals surface area contributed by atoms with Gasteiger partial charge in [0.05, 0.1) is 6.04 Å². The second-order valence-corrected chi connectivity index (χ2v) is 5.17. The minimum absolute atomic E-state index is 0.0653. The molecule has 0 N–H and O–H groups in total. The summed E-state index contributed by atoms with van der Waals surface area (Å²) >= 11 is 0. The van der Waals surface area contributed by atoms with Gasteiger partial charge in [0.1, 0.15) is 18.5 Å². The molecule has 22 heavy (non-hydrogen) atoms. The summed E-state index contributed by atoms with van der Waals surface area (Å²) in [4.78, 5) is 18.1. The fourth-order valence-corrected chi connectivity index (χ4v) is 2.47. The monoisotopic (exact) mass is 304 g/mol. The van der Waals surface area contributed by atoms with E-state index >= 15 is 0 Å². The van der Waals surface area contributed by atoms with E-state index in [1.54, 1.807) is 23.1 Å². The van der Waals surface area contributed by atoms with Crippen molar-refractivity contribution in [1.82, 2.24) is 19.7 Å². The van der Waals surface area contributed by atoms with Crippen molar-refractivity contribution in [3.63, 3.8) is 0 Å². The fourth-order valence-electron chi connectivity index (χ4n) is 2.47. The molecule has 1 atom stereocenters. The molecule has 0 fully saturated rings. The lowest BCUT2D eigenvalue weighted by molar-refractivity contribution is -0.133. The normalized spacial score (nSPS) is 12.1. The Balaban J connectivity index is 1.91. The Morgan fingerprint density at radius 1 is 1.36 bits per heavy atom. The molecule has 0 saturated heterocycles. The van der Waals surface area contributed by atoms with Crippen LogP contribution in [0.3, 0.4) is 0 Å². The van der Waals surface area contributed by atoms with E-state index < -0.39 is 0 Å². The van der Waals surface area contributed by atoms with Crippen molar-refractivity contribution >= 4 is 5.91 Å². The topological polar surface area (TPSA) is 51.0 Å². The van der Waals surface area contributed by atoms with Crippen LogP contribution in [0.15, 0.2) is 36.9 Å². The number of aromatic nitrogens is 3. The van der Waals surface area contributed by atoms with E-state index in [2.05, 4.69) is 10.1 Å². The van der Waals surface area contributed by atoms with Crippen molar-refractivity contribution in [1.29, 1.82) is 0 Å². The Labute approximate surface area is 129 Å². The molecule has 118 valence electrons. The third kappa shape index (κ3) is 4.13. The minimum atomic E-state index is -0.266. The molecule has 2 rings (SSSR count). The summed E-state index contributed by atoms with van der Waals surface area (Å²) in [6.07, 6.45) is 4.30. The van der Waals surface area contributed by atoms with Gasteiger partial charge < -0.3 is 4.90 Å². The molecule has 0 spiro atoms. The zero-order valence-electron chi connectivity index (χ0n) is 12.9. The molecule has 0 saturated carbocycles. The van der Waals surface area contributed by atoms with Crippen LogP contribution in [-0.4, -0.2) is 32.1 Å². The van der Waals surface area contributed by atoms with Crippen LogP contribution in [0.5, 0.6) is 0 Å². The van der Waals surface area contributed by atoms with Gasteiger partial charge in [-0.15, -0.1) is 0 Å². The molecule has 5 nitrogen and oxygen atoms in total. The van der Waals surface area contributed by atoms with Crippen molar-refractivity contribution in [2.24, 2.45) is 0 Å². The van der Waals surface area contributed by atoms with E-state index in [1.165, 1.54) is 18.5 Å². The first kappa shape index (κ1) is 16.1. The molecular formula is C16H21FN4O. The van der Waals surface area contributed by atoms with Crippen LogP contribution < -0.4 is 0 Å². The van der Waals surface area contributed by atoms with Gasteiger partial charge in [-0.25, -0.2) is 9.37 Å². The maximum absolute atomic E-state index is 13.0. The van der Waals surface area contributed by atoms with Crippen molar-refractivity contribution in [3.8, 4) is 0 Å². The van der Waals surface area contributed by atoms with Gasteiger partial charge in [-0.1, -0.05) is 12.1 Å². The maximum atomic E-state index is 13.0. The van der Waals surface area contributed by atoms with Gasteiger partial charge in [-0.3, -0.25) is 9.48 Å². The quantitative estimate of drug-likeness (QED) is 0.790. The second-order valence-electron chi connectivity index (χ2n) is 5.17. The van der Waals surface area contributed by atoms with Crippen LogP contribution in [0.4, 0.5) is 4.39 Å². The summed E-state index contributed by atoms with van der Waals surface area (Å²) in [6, 6.07) is 6.24. The van der Waals surface area contributed by atoms with Gasteiger partial charge in [-0.05, 0) is 38.0 Å². The average Bonchev–Trinajstić information content (AvgIpc) is 3.02. The molecule has 6 heteroatoms. The Morgan fingerprint density at radius 3 is 2.68 bits per heavy atom. The number of carbonyl (C=O) groups is 1. The first-order valence-corrected chi connectivity index (χ1v) is 7.49. The van der Waals surface area contributed by atoms with Crippen LogP contribution in [0.2, 0.25) is 0 Å². The molecule has 2 aromatic rings. The van der Waals surface area contributed by atoms with Crippen LogP contribution in [0.1, 0.15) is 38.3 Å². The van der Waals surface area contributed by atoms with E-state index in [-0.39, 0.29) is 17.8 Å². The number of halogens is 1. The zero-order valence-corrected chi connectivity index (χ0v) is 12.9. The highest BCUT2D eigenvalue weighted by molar-refractivity contribution is 5.76. The van der Waals surface area contributed by atoms with Gasteiger partial charge in [0, 0.05) is 19.5 Å². The molecule has 0 aliphatic carbocycles. The number of benzene rings is 1. The smallest absolute Gasteiger partial charge is 0.223 e. The van der Waals surface area contributed by atoms with Crippen LogP contribution in [-0.2, 0) is 11.3 Å². The molecule has 1 amide bonds. The third-order valence-electron chi connectivity index (χ3n) is 3.73. The van der Waals surface area contributed by atoms with Gasteiger partial charge in [0.25, 0.3) is 0 Å². The molecule has 1 aromatic heterocycles. The van der Waals surface area contributed by atoms with Gasteiger partial charge in [0.2, 0.25) is 5.91 Å². The van der Waals surface area contributed by atoms with Crippen molar-refractivity contribution in [2.75, 3.05) is 6.54 Å². The van der Waals surface area contributed by atoms with Gasteiger partial charge >= 0.3 is 0 Å². The first-order valence-electron chi connectivity index (χ1n) is 7.49. The van der Waals surface area contributed by atoms with E-state index in [9.17, 15) is 9.18 Å². The average molecular weight is 304 g/mol. The molecule has 0 bridgehead atoms. The lowest BCUT2D eigenvalue weighted by Crippen LogP contribution is -2.33. The zero-order chi connectivity index (χ0) is 15.9. The number of rotatable bonds is 7. The molecule has 0 radical (unpaired) electrons. The molecular weight excluding hydrogens is 283 g/mol. The number of amides is 1. The summed E-state index contributed by atoms with van der Waals surface area (Å²) in [5, 5.41) is 4.01. The molecule has 0 aliphatic heterocycles. The second kappa shape index (κ2) is 7.68. The molecule has 0 aliphatic rings. The minimum Gasteiger partial charge on any atom is -0.336 e. The highest BCUT2D eigenvalue weighted by Gasteiger charge is 2.19. The van der Waals surface area contributed by atoms with Crippen LogP contribution in [0, 0.1) is 5.82 Å². The van der Waals surface area contributed by atoms with E-state index in [0.717, 1.165) is 12.0 Å². The number of hydrogen-bond donors (Lipinski definition) is 0. The van der Waals surface area contributed by atoms with E-state index in [0.29, 0.717) is 19.5 Å². The first-order chi connectivity index (χ1) is 10.6. The maximum Gasteiger partial charge on any atom is 0.223 e. The predicted molar refractivity (Wildman–Crippen MR) is 81.5 cm³/mol. The Bertz CT molecular complexity index is 583. The molecule has 1 heterocycles. The van der Waals surface area contributed by atoms with Crippen molar-refractivity contribution in [3.05, 3.63) is 48.3 Å². The lowest BCUT2D eigenvalue weighted by atomic mass is 10.1. The molecule has 1 aromatic carbocycles. The van der Waals surface area contributed by atoms with Crippen LogP contribution in [0.25, 0.3) is 0 Å². The summed E-state index contributed by atoms with van der Waals surface area (Å²) in [5.41, 5.74) is 0.938. The van der Waals surface area contributed by atoms with E-state index in [1.807, 2.05) is 18.7 Å². The summed E-state index contributed by atoms with van der Waals surface area (Å²) < 4.78 is 14.7. The summed E-state index contributed by atoms with van der Waals surface area (Å²) in [7, 11) is 0. The lowest BCUT2D eigenvalue weighted by Gasteiger charge is -2.28. The van der Waals surface area contributed by atoms with Crippen LogP contribution >= 0.6 is 0 Å². The fraction of sp³-hybridized carbons (Fsp3) is 0.438. The number of hydrogen-bond acceptors (Lipinski definition) is 3. The standard InChI is InChI=1S/C16H21FN4O/c1-3-21(13(2)14-6-8-15(17)9-7-14)16(22)5-4-10-20-12-18-11-19-20/h6-9,11-13H,3-5,10H2,1-2H3/t13-/m0/s1. The predicted octanol–water partition coefficient (Wildman–Crippen LogP) is 2.81. The summed E-state index contributed by atoms with van der Waals surface area (Å²) in [6.45, 7) is 5.22. The SMILES string of the molecule is CCN(C(=O)CCCn1cncn1)[C@@H](C)c1ccc(F)cc1. The van der Waals surface area contributed by atoms with E-state index in [4.69, 9.17) is 0 Å². The van der Waals surface area contributed by atoms with Gasteiger partial charge in [-0.2, -0.15) is 5.10 Å². The number of nitrogens with zero attached hydrogens (tertiary/aromatic N) is 4. The molecule has 0 unspecified atom stereocenters. The van der Waals surface area contributed by atoms with Crippen molar-refractivity contribution in [2.45, 2.75) is 39.3 Å². The highest BCUT2D eigenvalue weighted by atomic mass is 19.1. The Morgan fingerprint density at radius 2 is 2.09 bits per heavy atom. The van der Waals surface area contributed by atoms with Gasteiger partial charge in [0.15, 0.2) is 0 Å². The largest absolute Gasteiger partial charge is 0.336 e.